The number of benzene rings is 3. The van der Waals surface area contributed by atoms with Crippen LogP contribution in [-0.2, 0) is 12.7 Å². The molecule has 1 aromatic heterocycles. The molecule has 3 heterocycles. The molecule has 2 amide bonds. The van der Waals surface area contributed by atoms with Crippen molar-refractivity contribution in [2.45, 2.75) is 25.1 Å². The van der Waals surface area contributed by atoms with Gasteiger partial charge in [-0.25, -0.2) is 0 Å². The van der Waals surface area contributed by atoms with Crippen LogP contribution in [0.25, 0.3) is 0 Å². The van der Waals surface area contributed by atoms with Crippen molar-refractivity contribution in [1.29, 1.82) is 0 Å². The Labute approximate surface area is 272 Å². The number of piperidine rings is 1. The number of carbonyl (C=O) groups is 2. The quantitative estimate of drug-likeness (QED) is 0.229. The standard InChI is InChI=1S/C34H30ClF3N4O5/c1-46-29-15-30(47-2)26(14-24(29)35)40-33(45)21-9-10-28(25(13-21)39-32(44)20-5-3-6-23(12-20)34(36,37)38)41-16-19-11-22(18-41)27-7-4-8-31(43)42(27)17-19/h3-10,12-15,19,22H,11,16-18H2,1-2H3,(H,39,44)(H,40,45)/t19-,22+/m1/s1. The number of anilines is 3. The number of amides is 2. The van der Waals surface area contributed by atoms with Crippen molar-refractivity contribution in [2.24, 2.45) is 5.92 Å². The number of hydrogen-bond acceptors (Lipinski definition) is 6. The van der Waals surface area contributed by atoms with Gasteiger partial charge in [0.25, 0.3) is 17.4 Å². The Kier molecular flexibility index (Phi) is 8.63. The van der Waals surface area contributed by atoms with Crippen molar-refractivity contribution in [3.05, 3.63) is 111 Å². The Morgan fingerprint density at radius 1 is 0.830 bits per heavy atom. The van der Waals surface area contributed by atoms with Crippen LogP contribution in [0, 0.1) is 5.92 Å². The van der Waals surface area contributed by atoms with Crippen molar-refractivity contribution >= 4 is 40.5 Å². The zero-order valence-electron chi connectivity index (χ0n) is 25.4. The summed E-state index contributed by atoms with van der Waals surface area (Å²) < 4.78 is 52.7. The first-order valence-electron chi connectivity index (χ1n) is 14.8. The van der Waals surface area contributed by atoms with E-state index in [1.54, 1.807) is 28.8 Å². The Hall–Kier alpha value is -4.97. The minimum absolute atomic E-state index is 0.0404. The van der Waals surface area contributed by atoms with Crippen molar-refractivity contribution in [2.75, 3.05) is 42.8 Å². The van der Waals surface area contributed by atoms with E-state index < -0.39 is 23.6 Å². The van der Waals surface area contributed by atoms with Gasteiger partial charge >= 0.3 is 6.18 Å². The van der Waals surface area contributed by atoms with Crippen molar-refractivity contribution in [3.63, 3.8) is 0 Å². The zero-order chi connectivity index (χ0) is 33.5. The number of halogens is 4. The lowest BCUT2D eigenvalue weighted by molar-refractivity contribution is -0.137. The molecule has 2 bridgehead atoms. The molecule has 2 aliphatic heterocycles. The lowest BCUT2D eigenvalue weighted by Crippen LogP contribution is -2.47. The zero-order valence-corrected chi connectivity index (χ0v) is 26.1. The molecule has 2 aliphatic rings. The molecule has 0 radical (unpaired) electrons. The van der Waals surface area contributed by atoms with E-state index in [4.69, 9.17) is 21.1 Å². The monoisotopic (exact) mass is 666 g/mol. The van der Waals surface area contributed by atoms with Gasteiger partial charge in [0.2, 0.25) is 0 Å². The molecule has 4 aromatic rings. The van der Waals surface area contributed by atoms with Crippen LogP contribution < -0.4 is 30.6 Å². The third kappa shape index (κ3) is 6.50. The summed E-state index contributed by atoms with van der Waals surface area (Å²) in [5, 5.41) is 5.77. The smallest absolute Gasteiger partial charge is 0.416 e. The van der Waals surface area contributed by atoms with E-state index in [9.17, 15) is 27.6 Å². The van der Waals surface area contributed by atoms with Gasteiger partial charge in [-0.1, -0.05) is 23.7 Å². The van der Waals surface area contributed by atoms with Crippen LogP contribution in [0.1, 0.15) is 44.3 Å². The number of pyridine rings is 1. The molecule has 9 nitrogen and oxygen atoms in total. The summed E-state index contributed by atoms with van der Waals surface area (Å²) in [6, 6.07) is 17.2. The molecule has 0 aliphatic carbocycles. The summed E-state index contributed by atoms with van der Waals surface area (Å²) in [7, 11) is 2.88. The molecule has 1 fully saturated rings. The van der Waals surface area contributed by atoms with Crippen molar-refractivity contribution in [1.82, 2.24) is 4.57 Å². The summed E-state index contributed by atoms with van der Waals surface area (Å²) in [4.78, 5) is 41.5. The third-order valence-electron chi connectivity index (χ3n) is 8.50. The van der Waals surface area contributed by atoms with Crippen LogP contribution in [0.15, 0.2) is 77.6 Å². The number of nitrogens with one attached hydrogen (secondary N) is 2. The van der Waals surface area contributed by atoms with Crippen molar-refractivity contribution in [3.8, 4) is 11.5 Å². The fourth-order valence-corrected chi connectivity index (χ4v) is 6.57. The van der Waals surface area contributed by atoms with E-state index in [1.807, 2.05) is 6.07 Å². The summed E-state index contributed by atoms with van der Waals surface area (Å²) in [5.41, 5.74) is 1.00. The Morgan fingerprint density at radius 2 is 1.53 bits per heavy atom. The average molecular weight is 667 g/mol. The van der Waals surface area contributed by atoms with Crippen LogP contribution in [0.3, 0.4) is 0 Å². The highest BCUT2D eigenvalue weighted by atomic mass is 35.5. The second kappa shape index (κ2) is 12.7. The van der Waals surface area contributed by atoms with Crippen LogP contribution in [0.5, 0.6) is 11.5 Å². The lowest BCUT2D eigenvalue weighted by Gasteiger charge is -2.44. The second-order valence-electron chi connectivity index (χ2n) is 11.5. The summed E-state index contributed by atoms with van der Waals surface area (Å²) in [5.74, 6) is -0.484. The molecule has 47 heavy (non-hydrogen) atoms. The summed E-state index contributed by atoms with van der Waals surface area (Å²) in [6.07, 6.45) is -3.74. The number of nitrogens with zero attached hydrogens (tertiary/aromatic N) is 2. The third-order valence-corrected chi connectivity index (χ3v) is 8.80. The number of rotatable bonds is 7. The summed E-state index contributed by atoms with van der Waals surface area (Å²) in [6.45, 7) is 1.64. The molecule has 2 N–H and O–H groups in total. The van der Waals surface area contributed by atoms with Crippen molar-refractivity contribution < 1.29 is 32.2 Å². The van der Waals surface area contributed by atoms with E-state index in [1.165, 1.54) is 44.6 Å². The van der Waals surface area contributed by atoms with Gasteiger partial charge in [-0.3, -0.25) is 14.4 Å². The van der Waals surface area contributed by atoms with Gasteiger partial charge in [-0.05, 0) is 60.9 Å². The average Bonchev–Trinajstić information content (AvgIpc) is 3.05. The number of aromatic nitrogens is 1. The van der Waals surface area contributed by atoms with Gasteiger partial charge in [0.1, 0.15) is 11.5 Å². The highest BCUT2D eigenvalue weighted by Gasteiger charge is 2.36. The molecule has 6 rings (SSSR count). The topological polar surface area (TPSA) is 102 Å². The normalized spacial score (nSPS) is 17.0. The van der Waals surface area contributed by atoms with Crippen LogP contribution in [-0.4, -0.2) is 43.7 Å². The van der Waals surface area contributed by atoms with Gasteiger partial charge < -0.3 is 29.6 Å². The predicted octanol–water partition coefficient (Wildman–Crippen LogP) is 6.67. The summed E-state index contributed by atoms with van der Waals surface area (Å²) >= 11 is 6.28. The molecular formula is C34H30ClF3N4O5. The maximum Gasteiger partial charge on any atom is 0.416 e. The maximum atomic E-state index is 13.5. The maximum absolute atomic E-state index is 13.5. The molecule has 0 spiro atoms. The van der Waals surface area contributed by atoms with Gasteiger partial charge in [0, 0.05) is 54.5 Å². The minimum atomic E-state index is -4.63. The van der Waals surface area contributed by atoms with Crippen LogP contribution in [0.4, 0.5) is 30.2 Å². The Balaban J connectivity index is 1.35. The largest absolute Gasteiger partial charge is 0.495 e. The molecule has 0 unspecified atom stereocenters. The first-order chi connectivity index (χ1) is 22.4. The van der Waals surface area contributed by atoms with Gasteiger partial charge in [-0.2, -0.15) is 13.2 Å². The van der Waals surface area contributed by atoms with Crippen LogP contribution >= 0.6 is 11.6 Å². The molecule has 1 saturated heterocycles. The van der Waals surface area contributed by atoms with Crippen LogP contribution in [0.2, 0.25) is 5.02 Å². The van der Waals surface area contributed by atoms with Gasteiger partial charge in [0.05, 0.1) is 41.9 Å². The number of hydrogen-bond donors (Lipinski definition) is 2. The van der Waals surface area contributed by atoms with E-state index >= 15 is 0 Å². The highest BCUT2D eigenvalue weighted by molar-refractivity contribution is 6.32. The predicted molar refractivity (Wildman–Crippen MR) is 172 cm³/mol. The van der Waals surface area contributed by atoms with E-state index in [0.717, 1.165) is 24.2 Å². The van der Waals surface area contributed by atoms with Gasteiger partial charge in [0.15, 0.2) is 0 Å². The first-order valence-corrected chi connectivity index (χ1v) is 15.1. The second-order valence-corrected chi connectivity index (χ2v) is 11.9. The van der Waals surface area contributed by atoms with E-state index in [2.05, 4.69) is 15.5 Å². The molecular weight excluding hydrogens is 637 g/mol. The number of fused-ring (bicyclic) bond motifs is 4. The molecule has 2 atom stereocenters. The number of methoxy groups -OCH3 is 2. The molecule has 0 saturated carbocycles. The fourth-order valence-electron chi connectivity index (χ4n) is 6.33. The van der Waals surface area contributed by atoms with E-state index in [0.29, 0.717) is 36.8 Å². The molecule has 244 valence electrons. The minimum Gasteiger partial charge on any atom is -0.495 e. The molecule has 3 aromatic carbocycles. The lowest BCUT2D eigenvalue weighted by atomic mass is 9.83. The number of alkyl halides is 3. The number of ether oxygens (including phenoxy) is 2. The molecule has 13 heteroatoms. The SMILES string of the molecule is COc1cc(OC)c(NC(=O)c2ccc(N3C[C@H]4C[C@@H](C3)c3cccc(=O)n3C4)c(NC(=O)c3cccc(C(F)(F)F)c3)c2)cc1Cl. The number of carbonyl (C=O) groups excluding carboxylic acids is 2. The fraction of sp³-hybridized carbons (Fsp3) is 0.265. The Morgan fingerprint density at radius 3 is 2.26 bits per heavy atom. The first kappa shape index (κ1) is 32.0. The van der Waals surface area contributed by atoms with E-state index in [-0.39, 0.29) is 44.9 Å². The Bertz CT molecular complexity index is 1930. The highest BCUT2D eigenvalue weighted by Crippen LogP contribution is 2.40. The van der Waals surface area contributed by atoms with Gasteiger partial charge in [-0.15, -0.1) is 0 Å².